The summed E-state index contributed by atoms with van der Waals surface area (Å²) in [5.41, 5.74) is 1.92. The van der Waals surface area contributed by atoms with Gasteiger partial charge in [-0.2, -0.15) is 0 Å². The highest BCUT2D eigenvalue weighted by molar-refractivity contribution is 8.00. The number of anilines is 1. The van der Waals surface area contributed by atoms with Crippen molar-refractivity contribution in [2.45, 2.75) is 38.5 Å². The second-order valence-electron chi connectivity index (χ2n) is 7.17. The molecule has 6 heteroatoms. The zero-order valence-electron chi connectivity index (χ0n) is 15.2. The third-order valence-corrected chi connectivity index (χ3v) is 6.71. The number of para-hydroxylation sites is 1. The minimum Gasteiger partial charge on any atom is -0.327 e. The molecule has 0 atom stereocenters. The Balaban J connectivity index is 1.62. The number of hydrogen-bond acceptors (Lipinski definition) is 3. The van der Waals surface area contributed by atoms with E-state index in [0.29, 0.717) is 13.1 Å². The first-order valence-corrected chi connectivity index (χ1v) is 9.98. The van der Waals surface area contributed by atoms with E-state index >= 15 is 0 Å². The van der Waals surface area contributed by atoms with E-state index in [-0.39, 0.29) is 22.7 Å². The summed E-state index contributed by atoms with van der Waals surface area (Å²) in [5.74, 6) is 1.26. The molecule has 2 heterocycles. The van der Waals surface area contributed by atoms with Gasteiger partial charge in [0.15, 0.2) is 0 Å². The normalized spacial score (nSPS) is 19.5. The number of nitrogens with zero attached hydrogens (tertiary/aromatic N) is 2. The van der Waals surface area contributed by atoms with Gasteiger partial charge in [-0.25, -0.2) is 4.79 Å². The van der Waals surface area contributed by atoms with Crippen molar-refractivity contribution in [2.24, 2.45) is 5.92 Å². The molecule has 0 saturated carbocycles. The van der Waals surface area contributed by atoms with E-state index in [0.717, 1.165) is 36.4 Å². The zero-order valence-corrected chi connectivity index (χ0v) is 16.1. The van der Waals surface area contributed by atoms with Gasteiger partial charge in [-0.1, -0.05) is 32.0 Å². The number of aryl methyl sites for hydroxylation is 1. The molecule has 1 N–H and O–H groups in total. The fraction of sp³-hybridized carbons (Fsp3) is 0.579. The van der Waals surface area contributed by atoms with Gasteiger partial charge in [0, 0.05) is 37.0 Å². The lowest BCUT2D eigenvalue weighted by Gasteiger charge is -2.44. The Morgan fingerprint density at radius 3 is 2.48 bits per heavy atom. The third-order valence-electron chi connectivity index (χ3n) is 5.16. The molecule has 2 saturated heterocycles. The van der Waals surface area contributed by atoms with Crippen LogP contribution in [0, 0.1) is 12.8 Å². The number of hydrogen-bond donors (Lipinski definition) is 1. The molecule has 3 amide bonds. The van der Waals surface area contributed by atoms with Crippen LogP contribution in [0.1, 0.15) is 32.3 Å². The molecule has 2 fully saturated rings. The average Bonchev–Trinajstić information content (AvgIpc) is 2.99. The van der Waals surface area contributed by atoms with Gasteiger partial charge in [-0.15, -0.1) is 11.8 Å². The second-order valence-corrected chi connectivity index (χ2v) is 8.63. The summed E-state index contributed by atoms with van der Waals surface area (Å²) in [5, 5.41) is 3.01. The summed E-state index contributed by atoms with van der Waals surface area (Å²) < 4.78 is 0. The predicted octanol–water partition coefficient (Wildman–Crippen LogP) is 3.55. The van der Waals surface area contributed by atoms with Crippen molar-refractivity contribution in [3.8, 4) is 0 Å². The fourth-order valence-electron chi connectivity index (χ4n) is 3.61. The summed E-state index contributed by atoms with van der Waals surface area (Å²) in [6, 6.07) is 7.76. The zero-order chi connectivity index (χ0) is 18.0. The first-order chi connectivity index (χ1) is 11.9. The topological polar surface area (TPSA) is 52.7 Å². The molecule has 0 radical (unpaired) electrons. The molecule has 5 nitrogen and oxygen atoms in total. The van der Waals surface area contributed by atoms with Crippen LogP contribution in [0.25, 0.3) is 0 Å². The van der Waals surface area contributed by atoms with Gasteiger partial charge in [-0.3, -0.25) is 4.79 Å². The molecular formula is C19H27N3O2S. The predicted molar refractivity (Wildman–Crippen MR) is 103 cm³/mol. The van der Waals surface area contributed by atoms with Gasteiger partial charge in [0.1, 0.15) is 0 Å². The molecule has 0 aliphatic carbocycles. The molecule has 0 unspecified atom stereocenters. The number of nitrogens with one attached hydrogen (secondary N) is 1. The number of amides is 3. The Bertz CT molecular complexity index is 654. The first-order valence-electron chi connectivity index (χ1n) is 9.00. The van der Waals surface area contributed by atoms with Crippen molar-refractivity contribution in [3.05, 3.63) is 29.8 Å². The van der Waals surface area contributed by atoms with Crippen LogP contribution in [0.15, 0.2) is 24.3 Å². The van der Waals surface area contributed by atoms with Crippen molar-refractivity contribution < 1.29 is 9.59 Å². The minimum absolute atomic E-state index is 0.0259. The number of benzene rings is 1. The van der Waals surface area contributed by atoms with E-state index in [1.54, 1.807) is 0 Å². The monoisotopic (exact) mass is 361 g/mol. The Hall–Kier alpha value is -1.69. The van der Waals surface area contributed by atoms with Gasteiger partial charge < -0.3 is 15.1 Å². The lowest BCUT2D eigenvalue weighted by molar-refractivity contribution is -0.137. The van der Waals surface area contributed by atoms with E-state index in [9.17, 15) is 9.59 Å². The average molecular weight is 362 g/mol. The van der Waals surface area contributed by atoms with Crippen LogP contribution in [0.2, 0.25) is 0 Å². The number of rotatable bonds is 2. The number of piperidine rings is 1. The summed E-state index contributed by atoms with van der Waals surface area (Å²) in [4.78, 5) is 28.9. The molecular weight excluding hydrogens is 334 g/mol. The maximum absolute atomic E-state index is 12.6. The maximum Gasteiger partial charge on any atom is 0.321 e. The smallest absolute Gasteiger partial charge is 0.321 e. The summed E-state index contributed by atoms with van der Waals surface area (Å²) in [7, 11) is 0. The molecule has 2 aliphatic heterocycles. The molecule has 136 valence electrons. The van der Waals surface area contributed by atoms with Crippen molar-refractivity contribution in [3.63, 3.8) is 0 Å². The number of urea groups is 1. The minimum atomic E-state index is -0.110. The molecule has 1 aromatic carbocycles. The number of carbonyl (C=O) groups is 2. The van der Waals surface area contributed by atoms with Crippen LogP contribution in [0.4, 0.5) is 10.5 Å². The van der Waals surface area contributed by atoms with Gasteiger partial charge in [-0.05, 0) is 31.4 Å². The van der Waals surface area contributed by atoms with Crippen LogP contribution < -0.4 is 5.32 Å². The van der Waals surface area contributed by atoms with Crippen LogP contribution in [0.3, 0.4) is 0 Å². The molecule has 25 heavy (non-hydrogen) atoms. The third kappa shape index (κ3) is 3.64. The number of likely N-dealkylation sites (tertiary alicyclic amines) is 1. The molecule has 1 spiro atoms. The van der Waals surface area contributed by atoms with E-state index in [4.69, 9.17) is 0 Å². The number of thioether (sulfide) groups is 1. The van der Waals surface area contributed by atoms with E-state index in [1.165, 1.54) is 0 Å². The van der Waals surface area contributed by atoms with Crippen LogP contribution in [-0.4, -0.2) is 52.0 Å². The van der Waals surface area contributed by atoms with E-state index in [2.05, 4.69) is 10.2 Å². The SMILES string of the molecule is Cc1ccccc1NC(=O)N1CCC2(CC1)SCCN2C(=O)C(C)C. The Morgan fingerprint density at radius 1 is 1.16 bits per heavy atom. The Kier molecular flexibility index (Phi) is 5.27. The van der Waals surface area contributed by atoms with Crippen LogP contribution in [-0.2, 0) is 4.79 Å². The van der Waals surface area contributed by atoms with Crippen molar-refractivity contribution in [1.82, 2.24) is 9.80 Å². The Morgan fingerprint density at radius 2 is 1.84 bits per heavy atom. The molecule has 2 aliphatic rings. The highest BCUT2D eigenvalue weighted by Gasteiger charge is 2.47. The molecule has 1 aromatic rings. The van der Waals surface area contributed by atoms with E-state index in [1.807, 2.05) is 61.7 Å². The highest BCUT2D eigenvalue weighted by atomic mass is 32.2. The number of carbonyl (C=O) groups excluding carboxylic acids is 2. The highest BCUT2D eigenvalue weighted by Crippen LogP contribution is 2.44. The lowest BCUT2D eigenvalue weighted by atomic mass is 10.0. The summed E-state index contributed by atoms with van der Waals surface area (Å²) in [6.45, 7) is 8.12. The summed E-state index contributed by atoms with van der Waals surface area (Å²) >= 11 is 1.89. The first kappa shape index (κ1) is 18.1. The van der Waals surface area contributed by atoms with E-state index < -0.39 is 0 Å². The van der Waals surface area contributed by atoms with Gasteiger partial charge in [0.25, 0.3) is 0 Å². The van der Waals surface area contributed by atoms with Gasteiger partial charge in [0.05, 0.1) is 4.87 Å². The van der Waals surface area contributed by atoms with Crippen molar-refractivity contribution in [1.29, 1.82) is 0 Å². The maximum atomic E-state index is 12.6. The summed E-state index contributed by atoms with van der Waals surface area (Å²) in [6.07, 6.45) is 1.69. The largest absolute Gasteiger partial charge is 0.327 e. The van der Waals surface area contributed by atoms with Crippen molar-refractivity contribution in [2.75, 3.05) is 30.7 Å². The fourth-order valence-corrected chi connectivity index (χ4v) is 5.07. The molecule has 0 aromatic heterocycles. The van der Waals surface area contributed by atoms with Crippen molar-refractivity contribution >= 4 is 29.4 Å². The quantitative estimate of drug-likeness (QED) is 0.876. The standard InChI is InChI=1S/C19H27N3O2S/c1-14(2)17(23)22-12-13-25-19(22)8-10-21(11-9-19)18(24)20-16-7-5-4-6-15(16)3/h4-7,14H,8-13H2,1-3H3,(H,20,24). The Labute approximate surface area is 154 Å². The second kappa shape index (κ2) is 7.28. The molecule has 3 rings (SSSR count). The molecule has 0 bridgehead atoms. The van der Waals surface area contributed by atoms with Crippen LogP contribution >= 0.6 is 11.8 Å². The van der Waals surface area contributed by atoms with Crippen LogP contribution in [0.5, 0.6) is 0 Å². The van der Waals surface area contributed by atoms with Gasteiger partial charge >= 0.3 is 6.03 Å². The van der Waals surface area contributed by atoms with Gasteiger partial charge in [0.2, 0.25) is 5.91 Å². The lowest BCUT2D eigenvalue weighted by Crippen LogP contribution is -2.55.